The van der Waals surface area contributed by atoms with E-state index in [0.717, 1.165) is 18.7 Å². The van der Waals surface area contributed by atoms with Crippen molar-refractivity contribution in [1.82, 2.24) is 20.5 Å². The molecule has 0 radical (unpaired) electrons. The summed E-state index contributed by atoms with van der Waals surface area (Å²) in [5, 5.41) is 13.2. The first-order valence-corrected chi connectivity index (χ1v) is 5.60. The summed E-state index contributed by atoms with van der Waals surface area (Å²) in [4.78, 5) is 15.9. The lowest BCUT2D eigenvalue weighted by molar-refractivity contribution is 0.102. The third-order valence-corrected chi connectivity index (χ3v) is 2.81. The highest BCUT2D eigenvalue weighted by atomic mass is 16.1. The summed E-state index contributed by atoms with van der Waals surface area (Å²) in [6.07, 6.45) is 2.94. The quantitative estimate of drug-likeness (QED) is 0.810. The molecule has 1 amide bonds. The zero-order valence-corrected chi connectivity index (χ0v) is 9.55. The van der Waals surface area contributed by atoms with Gasteiger partial charge < -0.3 is 5.32 Å². The minimum absolute atomic E-state index is 0.209. The van der Waals surface area contributed by atoms with Gasteiger partial charge in [-0.2, -0.15) is 5.10 Å². The first-order valence-electron chi connectivity index (χ1n) is 5.60. The molecular weight excluding hydrogens is 230 g/mol. The summed E-state index contributed by atoms with van der Waals surface area (Å²) in [6, 6.07) is 5.66. The summed E-state index contributed by atoms with van der Waals surface area (Å²) < 4.78 is 0. The molecule has 1 aromatic heterocycles. The smallest absolute Gasteiger partial charge is 0.258 e. The highest BCUT2D eigenvalue weighted by Crippen LogP contribution is 2.17. The van der Waals surface area contributed by atoms with E-state index in [0.29, 0.717) is 5.56 Å². The zero-order valence-electron chi connectivity index (χ0n) is 9.55. The van der Waals surface area contributed by atoms with Crippen LogP contribution in [0.4, 0.5) is 5.95 Å². The monoisotopic (exact) mass is 241 g/mol. The Kier molecular flexibility index (Phi) is 2.70. The number of nitrogens with one attached hydrogen (secondary N) is 2. The summed E-state index contributed by atoms with van der Waals surface area (Å²) >= 11 is 0. The molecule has 1 aliphatic heterocycles. The second kappa shape index (κ2) is 4.50. The molecule has 2 N–H and O–H groups in total. The molecule has 0 atom stereocenters. The van der Waals surface area contributed by atoms with Crippen molar-refractivity contribution in [1.29, 1.82) is 0 Å². The number of hydrogen-bond donors (Lipinski definition) is 2. The van der Waals surface area contributed by atoms with Crippen LogP contribution >= 0.6 is 0 Å². The van der Waals surface area contributed by atoms with E-state index < -0.39 is 0 Å². The van der Waals surface area contributed by atoms with E-state index in [1.54, 1.807) is 6.07 Å². The van der Waals surface area contributed by atoms with Crippen LogP contribution in [0.3, 0.4) is 0 Å². The fraction of sp³-hybridized carbons (Fsp3) is 0.167. The van der Waals surface area contributed by atoms with Gasteiger partial charge in [0.1, 0.15) is 0 Å². The molecule has 0 bridgehead atoms. The lowest BCUT2D eigenvalue weighted by atomic mass is 10.1. The number of benzene rings is 1. The Balaban J connectivity index is 1.81. The van der Waals surface area contributed by atoms with Crippen molar-refractivity contribution < 1.29 is 4.79 Å². The molecule has 1 aliphatic rings. The molecule has 6 nitrogen and oxygen atoms in total. The predicted molar refractivity (Wildman–Crippen MR) is 64.8 cm³/mol. The van der Waals surface area contributed by atoms with Gasteiger partial charge in [-0.05, 0) is 23.3 Å². The Hall–Kier alpha value is -2.34. The summed E-state index contributed by atoms with van der Waals surface area (Å²) in [6.45, 7) is 1.67. The zero-order chi connectivity index (χ0) is 12.4. The molecule has 3 rings (SSSR count). The second-order valence-corrected chi connectivity index (χ2v) is 4.01. The van der Waals surface area contributed by atoms with Gasteiger partial charge in [-0.25, -0.2) is 4.98 Å². The molecule has 90 valence electrons. The van der Waals surface area contributed by atoms with Crippen molar-refractivity contribution in [3.8, 4) is 0 Å². The second-order valence-electron chi connectivity index (χ2n) is 4.01. The van der Waals surface area contributed by atoms with Gasteiger partial charge >= 0.3 is 0 Å². The standard InChI is InChI=1S/C12H11N5O/c18-11(16-12-14-3-4-15-17-12)8-1-2-9-6-13-7-10(9)5-8/h1-5,13H,6-7H2,(H,14,16,17,18). The van der Waals surface area contributed by atoms with Crippen LogP contribution in [0.15, 0.2) is 30.6 Å². The minimum Gasteiger partial charge on any atom is -0.309 e. The number of anilines is 1. The lowest BCUT2D eigenvalue weighted by Gasteiger charge is -2.04. The Morgan fingerprint density at radius 1 is 1.22 bits per heavy atom. The number of amides is 1. The predicted octanol–water partition coefficient (Wildman–Crippen LogP) is 0.727. The third kappa shape index (κ3) is 2.05. The number of rotatable bonds is 2. The first kappa shape index (κ1) is 10.8. The van der Waals surface area contributed by atoms with E-state index in [9.17, 15) is 4.79 Å². The third-order valence-electron chi connectivity index (χ3n) is 2.81. The molecule has 0 unspecified atom stereocenters. The number of carbonyl (C=O) groups excluding carboxylic acids is 1. The van der Waals surface area contributed by atoms with Crippen molar-refractivity contribution in [3.63, 3.8) is 0 Å². The van der Waals surface area contributed by atoms with Gasteiger partial charge in [0.25, 0.3) is 5.91 Å². The molecule has 0 aliphatic carbocycles. The van der Waals surface area contributed by atoms with Crippen molar-refractivity contribution in [2.45, 2.75) is 13.1 Å². The summed E-state index contributed by atoms with van der Waals surface area (Å²) in [5.41, 5.74) is 3.00. The van der Waals surface area contributed by atoms with Gasteiger partial charge in [-0.3, -0.25) is 10.1 Å². The van der Waals surface area contributed by atoms with Gasteiger partial charge in [-0.15, -0.1) is 5.10 Å². The van der Waals surface area contributed by atoms with Crippen LogP contribution in [0, 0.1) is 0 Å². The normalized spacial score (nSPS) is 13.1. The van der Waals surface area contributed by atoms with Gasteiger partial charge in [0.2, 0.25) is 5.95 Å². The maximum absolute atomic E-state index is 12.0. The molecule has 2 aromatic rings. The molecule has 18 heavy (non-hydrogen) atoms. The lowest BCUT2D eigenvalue weighted by Crippen LogP contribution is -2.14. The van der Waals surface area contributed by atoms with Crippen molar-refractivity contribution >= 4 is 11.9 Å². The van der Waals surface area contributed by atoms with E-state index >= 15 is 0 Å². The number of carbonyl (C=O) groups is 1. The number of aromatic nitrogens is 3. The molecule has 6 heteroatoms. The van der Waals surface area contributed by atoms with E-state index in [-0.39, 0.29) is 11.9 Å². The van der Waals surface area contributed by atoms with Gasteiger partial charge in [0.05, 0.1) is 12.4 Å². The van der Waals surface area contributed by atoms with Crippen LogP contribution in [0.2, 0.25) is 0 Å². The fourth-order valence-electron chi connectivity index (χ4n) is 1.91. The number of hydrogen-bond acceptors (Lipinski definition) is 5. The van der Waals surface area contributed by atoms with Crippen LogP contribution in [-0.4, -0.2) is 21.1 Å². The first-order chi connectivity index (χ1) is 8.83. The molecule has 2 heterocycles. The van der Waals surface area contributed by atoms with Crippen LogP contribution in [-0.2, 0) is 13.1 Å². The maximum Gasteiger partial charge on any atom is 0.258 e. The average molecular weight is 241 g/mol. The maximum atomic E-state index is 12.0. The van der Waals surface area contributed by atoms with E-state index in [1.165, 1.54) is 18.0 Å². The minimum atomic E-state index is -0.224. The fourth-order valence-corrected chi connectivity index (χ4v) is 1.91. The Morgan fingerprint density at radius 2 is 2.11 bits per heavy atom. The molecule has 1 aromatic carbocycles. The topological polar surface area (TPSA) is 79.8 Å². The van der Waals surface area contributed by atoms with E-state index in [4.69, 9.17) is 0 Å². The van der Waals surface area contributed by atoms with Crippen molar-refractivity contribution in [2.75, 3.05) is 5.32 Å². The number of fused-ring (bicyclic) bond motifs is 1. The summed E-state index contributed by atoms with van der Waals surface area (Å²) in [7, 11) is 0. The highest BCUT2D eigenvalue weighted by Gasteiger charge is 2.14. The Labute approximate surface area is 103 Å². The Bertz CT molecular complexity index is 584. The Morgan fingerprint density at radius 3 is 2.94 bits per heavy atom. The SMILES string of the molecule is O=C(Nc1nccnn1)c1ccc2c(c1)CNC2. The van der Waals surface area contributed by atoms with Crippen LogP contribution in [0.25, 0.3) is 0 Å². The molecule has 0 spiro atoms. The number of nitrogens with zero attached hydrogens (tertiary/aromatic N) is 3. The van der Waals surface area contributed by atoms with E-state index in [1.807, 2.05) is 12.1 Å². The van der Waals surface area contributed by atoms with Crippen LogP contribution in [0.1, 0.15) is 21.5 Å². The molecular formula is C12H11N5O. The van der Waals surface area contributed by atoms with Crippen molar-refractivity contribution in [3.05, 3.63) is 47.3 Å². The average Bonchev–Trinajstić information content (AvgIpc) is 2.87. The van der Waals surface area contributed by atoms with Crippen LogP contribution < -0.4 is 10.6 Å². The molecule has 0 saturated heterocycles. The largest absolute Gasteiger partial charge is 0.309 e. The van der Waals surface area contributed by atoms with Crippen molar-refractivity contribution in [2.24, 2.45) is 0 Å². The summed E-state index contributed by atoms with van der Waals surface area (Å²) in [5.74, 6) is -0.0150. The van der Waals surface area contributed by atoms with Gasteiger partial charge in [-0.1, -0.05) is 6.07 Å². The molecule has 0 saturated carbocycles. The van der Waals surface area contributed by atoms with E-state index in [2.05, 4.69) is 25.8 Å². The van der Waals surface area contributed by atoms with Crippen LogP contribution in [0.5, 0.6) is 0 Å². The van der Waals surface area contributed by atoms with Gasteiger partial charge in [0, 0.05) is 18.7 Å². The highest BCUT2D eigenvalue weighted by molar-refractivity contribution is 6.03. The van der Waals surface area contributed by atoms with Gasteiger partial charge in [0.15, 0.2) is 0 Å². The molecule has 0 fully saturated rings.